The quantitative estimate of drug-likeness (QED) is 0.0308. The summed E-state index contributed by atoms with van der Waals surface area (Å²) in [6.45, 7) is 10.9. The van der Waals surface area contributed by atoms with E-state index >= 15 is 0 Å². The molecule has 7 heterocycles. The molecule has 90 heavy (non-hydrogen) atoms. The molecular weight excluding hydrogens is 1120 g/mol. The fourth-order valence-corrected chi connectivity index (χ4v) is 9.42. The average Bonchev–Trinajstić information content (AvgIpc) is 1.99. The van der Waals surface area contributed by atoms with Crippen LogP contribution in [0.2, 0.25) is 0 Å². The predicted molar refractivity (Wildman–Crippen MR) is 358 cm³/mol. The molecule has 12 bridgehead atoms. The number of aromatic amines is 2. The van der Waals surface area contributed by atoms with Gasteiger partial charge in [-0.3, -0.25) is 9.59 Å². The first-order valence-corrected chi connectivity index (χ1v) is 32.4. The van der Waals surface area contributed by atoms with Gasteiger partial charge in [0, 0.05) is 72.8 Å². The summed E-state index contributed by atoms with van der Waals surface area (Å²) in [5, 5.41) is 0. The Morgan fingerprint density at radius 1 is 0.267 bits per heavy atom. The van der Waals surface area contributed by atoms with Crippen LogP contribution in [-0.2, 0) is 0 Å². The summed E-state index contributed by atoms with van der Waals surface area (Å²) in [5.41, 5.74) is 3.82. The van der Waals surface area contributed by atoms with Crippen molar-refractivity contribution in [3.63, 3.8) is 0 Å². The third-order valence-corrected chi connectivity index (χ3v) is 14.1. The second-order valence-corrected chi connectivity index (χ2v) is 22.0. The summed E-state index contributed by atoms with van der Waals surface area (Å²) in [4.78, 5) is 51.7. The van der Waals surface area contributed by atoms with Crippen molar-refractivity contribution in [2.45, 2.75) is 182 Å². The number of hydrogen-bond acceptors (Lipinski definition) is 10. The highest BCUT2D eigenvalue weighted by atomic mass is 16.5. The first kappa shape index (κ1) is 67.7. The van der Waals surface area contributed by atoms with Crippen molar-refractivity contribution in [1.82, 2.24) is 29.9 Å². The Morgan fingerprint density at radius 2 is 0.467 bits per heavy atom. The lowest BCUT2D eigenvalue weighted by atomic mass is 10.1. The number of nitrogens with zero attached hydrogens (tertiary/aromatic N) is 4. The molecule has 0 atom stereocenters. The van der Waals surface area contributed by atoms with Crippen molar-refractivity contribution in [2.75, 3.05) is 26.4 Å². The summed E-state index contributed by atoms with van der Waals surface area (Å²) in [6, 6.07) is 19.8. The maximum absolute atomic E-state index is 13.2. The van der Waals surface area contributed by atoms with Crippen molar-refractivity contribution < 1.29 is 18.9 Å². The lowest BCUT2D eigenvalue weighted by molar-refractivity contribution is 0.303. The molecule has 0 saturated carbocycles. The zero-order valence-electron chi connectivity index (χ0n) is 53.0. The van der Waals surface area contributed by atoms with E-state index in [1.807, 2.05) is 0 Å². The van der Waals surface area contributed by atoms with Gasteiger partial charge >= 0.3 is 0 Å². The molecule has 0 fully saturated rings. The molecule has 1 aliphatic rings. The molecule has 1 aliphatic heterocycles. The van der Waals surface area contributed by atoms with E-state index in [0.717, 1.165) is 77.0 Å². The Labute approximate surface area is 533 Å². The number of unbranched alkanes of at least 4 members (excludes halogenated alkanes) is 20. The summed E-state index contributed by atoms with van der Waals surface area (Å²) >= 11 is 0. The van der Waals surface area contributed by atoms with Crippen LogP contribution in [0.5, 0.6) is 23.0 Å². The Morgan fingerprint density at radius 3 is 0.689 bits per heavy atom. The summed E-state index contributed by atoms with van der Waals surface area (Å²) in [5.74, 6) is 51.0. The lowest BCUT2D eigenvalue weighted by Crippen LogP contribution is -2.03. The van der Waals surface area contributed by atoms with Gasteiger partial charge in [0.25, 0.3) is 0 Å². The molecule has 0 saturated heterocycles. The fourth-order valence-electron chi connectivity index (χ4n) is 9.42. The topological polar surface area (TPSA) is 154 Å². The van der Waals surface area contributed by atoms with Gasteiger partial charge in [-0.25, -0.2) is 19.9 Å². The highest BCUT2D eigenvalue weighted by molar-refractivity contribution is 5.52. The van der Waals surface area contributed by atoms with E-state index in [4.69, 9.17) is 38.9 Å². The Balaban J connectivity index is 1.29. The van der Waals surface area contributed by atoms with Gasteiger partial charge in [0.15, 0.2) is 10.9 Å². The highest BCUT2D eigenvalue weighted by Gasteiger charge is 2.08. The molecule has 0 radical (unpaired) electrons. The van der Waals surface area contributed by atoms with Gasteiger partial charge in [0.2, 0.25) is 0 Å². The second-order valence-electron chi connectivity index (χ2n) is 22.0. The zero-order valence-corrected chi connectivity index (χ0v) is 53.0. The molecular formula is C78H82N6O6. The fraction of sp³-hybridized carbons (Fsp3) is 0.410. The smallest absolute Gasteiger partial charge is 0.184 e. The largest absolute Gasteiger partial charge is 0.493 e. The third-order valence-electron chi connectivity index (χ3n) is 14.1. The van der Waals surface area contributed by atoms with Gasteiger partial charge in [0.1, 0.15) is 68.5 Å². The molecule has 12 heteroatoms. The van der Waals surface area contributed by atoms with Crippen LogP contribution in [-0.4, -0.2) is 56.3 Å². The van der Waals surface area contributed by atoms with Crippen molar-refractivity contribution in [1.29, 1.82) is 0 Å². The number of pyridine rings is 6. The van der Waals surface area contributed by atoms with Crippen LogP contribution >= 0.6 is 0 Å². The maximum atomic E-state index is 13.2. The van der Waals surface area contributed by atoms with E-state index < -0.39 is 0 Å². The number of aromatic nitrogens is 6. The minimum absolute atomic E-state index is 0.285. The van der Waals surface area contributed by atoms with Crippen molar-refractivity contribution in [3.05, 3.63) is 162 Å². The molecule has 7 rings (SSSR count). The predicted octanol–water partition coefficient (Wildman–Crippen LogP) is 14.3. The number of H-pyrrole nitrogens is 2. The van der Waals surface area contributed by atoms with E-state index in [2.05, 4.69) is 132 Å². The van der Waals surface area contributed by atoms with E-state index in [1.165, 1.54) is 101 Å². The van der Waals surface area contributed by atoms with E-state index in [1.54, 1.807) is 48.5 Å². The minimum Gasteiger partial charge on any atom is -0.493 e. The van der Waals surface area contributed by atoms with E-state index in [-0.39, 0.29) is 10.9 Å². The van der Waals surface area contributed by atoms with Crippen LogP contribution in [0, 0.1) is 94.7 Å². The third kappa shape index (κ3) is 26.7. The summed E-state index contributed by atoms with van der Waals surface area (Å²) in [6.07, 6.45) is 26.8. The zero-order chi connectivity index (χ0) is 63.1. The molecule has 6 aromatic rings. The van der Waals surface area contributed by atoms with E-state index in [9.17, 15) is 9.59 Å². The number of nitrogens with one attached hydrogen (secondary N) is 2. The van der Waals surface area contributed by atoms with Crippen LogP contribution in [0.3, 0.4) is 0 Å². The normalized spacial score (nSPS) is 10.9. The number of ether oxygens (including phenoxy) is 4. The number of rotatable bonds is 32. The van der Waals surface area contributed by atoms with Crippen molar-refractivity contribution in [2.24, 2.45) is 0 Å². The van der Waals surface area contributed by atoms with Crippen LogP contribution < -0.4 is 29.8 Å². The van der Waals surface area contributed by atoms with Gasteiger partial charge in [-0.1, -0.05) is 156 Å². The number of fused-ring (bicyclic) bond motifs is 12. The Kier molecular flexibility index (Phi) is 30.0. The minimum atomic E-state index is -0.285. The van der Waals surface area contributed by atoms with Gasteiger partial charge in [-0.05, 0) is 120 Å². The molecule has 0 unspecified atom stereocenters. The first-order valence-electron chi connectivity index (χ1n) is 32.4. The van der Waals surface area contributed by atoms with E-state index in [0.29, 0.717) is 118 Å². The van der Waals surface area contributed by atoms with Crippen LogP contribution in [0.25, 0.3) is 0 Å². The molecule has 460 valence electrons. The molecule has 12 nitrogen and oxygen atoms in total. The summed E-state index contributed by atoms with van der Waals surface area (Å²) in [7, 11) is 0. The molecule has 6 aromatic heterocycles. The maximum Gasteiger partial charge on any atom is 0.184 e. The Bertz CT molecular complexity index is 3500. The van der Waals surface area contributed by atoms with Crippen molar-refractivity contribution >= 4 is 0 Å². The molecule has 0 aliphatic carbocycles. The summed E-state index contributed by atoms with van der Waals surface area (Å²) < 4.78 is 25.0. The highest BCUT2D eigenvalue weighted by Crippen LogP contribution is 2.20. The van der Waals surface area contributed by atoms with Crippen LogP contribution in [0.1, 0.15) is 250 Å². The van der Waals surface area contributed by atoms with Crippen LogP contribution in [0.4, 0.5) is 0 Å². The molecule has 0 amide bonds. The molecule has 2 N–H and O–H groups in total. The lowest BCUT2D eigenvalue weighted by Gasteiger charge is -2.07. The monoisotopic (exact) mass is 1200 g/mol. The standard InChI is InChI=1S/C78H82N6O6/c1-5-9-13-17-21-29-45-87-75-53-61-33-25-26-34-62-54-76(88-46-30-22-18-14-10-6-2)58-70(80-62)43-39-67-51-74(86)52-68(84-67)40-44-72-60-78(90-48-32-24-20-16-12-8-4)56-64(82-72)36-28-27-35-63-55-77(89-47-31-23-19-15-11-7-3)59-71(81-63)42-38-66-50-73(85)49-65(83-66)37-41-69(57-75)79-61/h49-60H,5-24,29-32,45-48H2,1-4H3,(H,83,85)(H,84,86). The molecule has 0 aromatic carbocycles. The first-order chi connectivity index (χ1) is 44.2. The van der Waals surface area contributed by atoms with Crippen molar-refractivity contribution in [3.8, 4) is 118 Å². The van der Waals surface area contributed by atoms with Crippen LogP contribution in [0.15, 0.2) is 82.4 Å². The second kappa shape index (κ2) is 39.9. The van der Waals surface area contributed by atoms with Gasteiger partial charge in [-0.15, -0.1) is 0 Å². The SMILES string of the molecule is CCCCCCCCOc1cc2nc(c1)C#Cc1cc(=O)cc([nH]1)C#Cc1cc(OCCCCCCCC)cc(n1)C#CC#Cc1cc(OCCCCCCCC)cc(n1)C#Cc1cc(=O)cc([nH]1)C#Cc1cc(OCCCCCCCC)cc(n1)C#CC#C2. The van der Waals surface area contributed by atoms with Gasteiger partial charge in [-0.2, -0.15) is 0 Å². The average molecular weight is 1200 g/mol. The Hall–Kier alpha value is -9.82. The molecule has 0 spiro atoms. The van der Waals surface area contributed by atoms with Gasteiger partial charge < -0.3 is 28.9 Å². The van der Waals surface area contributed by atoms with Gasteiger partial charge in [0.05, 0.1) is 49.2 Å². The number of hydrogen-bond donors (Lipinski definition) is 2.